The number of nitrogens with zero attached hydrogens (tertiary/aromatic N) is 2. The minimum atomic E-state index is 0.0239. The number of aryl methyl sites for hydroxylation is 1. The van der Waals surface area contributed by atoms with E-state index in [4.69, 9.17) is 0 Å². The van der Waals surface area contributed by atoms with Gasteiger partial charge in [0.15, 0.2) is 0 Å². The average molecular weight is 289 g/mol. The van der Waals surface area contributed by atoms with Gasteiger partial charge < -0.3 is 10.2 Å². The zero-order chi connectivity index (χ0) is 15.6. The molecule has 0 atom stereocenters. The highest BCUT2D eigenvalue weighted by Gasteiger charge is 2.34. The van der Waals surface area contributed by atoms with Gasteiger partial charge in [-0.2, -0.15) is 0 Å². The molecule has 116 valence electrons. The Hall–Kier alpha value is -1.55. The number of amides is 1. The van der Waals surface area contributed by atoms with Crippen LogP contribution in [-0.4, -0.2) is 54.5 Å². The molecule has 21 heavy (non-hydrogen) atoms. The number of anilines is 1. The Morgan fingerprint density at radius 1 is 1.33 bits per heavy atom. The fourth-order valence-electron chi connectivity index (χ4n) is 2.76. The Labute approximate surface area is 128 Å². The fourth-order valence-corrected chi connectivity index (χ4v) is 2.76. The molecule has 0 aliphatic carbocycles. The number of rotatable bonds is 3. The summed E-state index contributed by atoms with van der Waals surface area (Å²) in [6, 6.07) is 6.04. The van der Waals surface area contributed by atoms with E-state index >= 15 is 0 Å². The number of likely N-dealkylation sites (N-methyl/N-ethyl adjacent to an activating group) is 1. The summed E-state index contributed by atoms with van der Waals surface area (Å²) in [5.41, 5.74) is 2.87. The summed E-state index contributed by atoms with van der Waals surface area (Å²) in [5, 5.41) is 3.29. The van der Waals surface area contributed by atoms with E-state index in [1.807, 2.05) is 36.9 Å². The van der Waals surface area contributed by atoms with Crippen LogP contribution in [0.5, 0.6) is 0 Å². The standard InChI is InChI=1S/C17H27N3O/c1-6-18-15-8-7-13(2)11-14(15)16(21)20-10-9-19(5)17(3,4)12-20/h7-8,11,18H,6,9-10,12H2,1-5H3. The van der Waals surface area contributed by atoms with Crippen LogP contribution in [0.1, 0.15) is 36.7 Å². The molecule has 0 saturated carbocycles. The molecule has 0 aromatic heterocycles. The molecular weight excluding hydrogens is 262 g/mol. The lowest BCUT2D eigenvalue weighted by molar-refractivity contribution is 0.0312. The van der Waals surface area contributed by atoms with Gasteiger partial charge in [-0.25, -0.2) is 0 Å². The smallest absolute Gasteiger partial charge is 0.256 e. The van der Waals surface area contributed by atoms with Gasteiger partial charge in [0.2, 0.25) is 0 Å². The number of nitrogens with one attached hydrogen (secondary N) is 1. The molecule has 0 radical (unpaired) electrons. The maximum absolute atomic E-state index is 12.9. The average Bonchev–Trinajstić information content (AvgIpc) is 2.43. The van der Waals surface area contributed by atoms with Gasteiger partial charge >= 0.3 is 0 Å². The number of benzene rings is 1. The third-order valence-corrected chi connectivity index (χ3v) is 4.38. The SMILES string of the molecule is CCNc1ccc(C)cc1C(=O)N1CCN(C)C(C)(C)C1. The molecule has 1 fully saturated rings. The van der Waals surface area contributed by atoms with Crippen LogP contribution < -0.4 is 5.32 Å². The Morgan fingerprint density at radius 2 is 2.05 bits per heavy atom. The van der Waals surface area contributed by atoms with Gasteiger partial charge in [-0.05, 0) is 46.9 Å². The maximum Gasteiger partial charge on any atom is 0.256 e. The van der Waals surface area contributed by atoms with E-state index in [0.717, 1.165) is 43.0 Å². The van der Waals surface area contributed by atoms with Crippen molar-refractivity contribution in [3.8, 4) is 0 Å². The highest BCUT2D eigenvalue weighted by atomic mass is 16.2. The van der Waals surface area contributed by atoms with E-state index < -0.39 is 0 Å². The van der Waals surface area contributed by atoms with E-state index in [1.54, 1.807) is 0 Å². The minimum Gasteiger partial charge on any atom is -0.385 e. The van der Waals surface area contributed by atoms with E-state index in [-0.39, 0.29) is 11.4 Å². The molecule has 1 aromatic carbocycles. The molecule has 2 rings (SSSR count). The fraction of sp³-hybridized carbons (Fsp3) is 0.588. The van der Waals surface area contributed by atoms with Crippen molar-refractivity contribution in [2.45, 2.75) is 33.2 Å². The summed E-state index contributed by atoms with van der Waals surface area (Å²) >= 11 is 0. The summed E-state index contributed by atoms with van der Waals surface area (Å²) in [5.74, 6) is 0.135. The van der Waals surface area contributed by atoms with Crippen molar-refractivity contribution in [2.75, 3.05) is 38.5 Å². The van der Waals surface area contributed by atoms with Gasteiger partial charge in [-0.3, -0.25) is 9.69 Å². The molecule has 1 N–H and O–H groups in total. The summed E-state index contributed by atoms with van der Waals surface area (Å²) in [6.45, 7) is 11.7. The Balaban J connectivity index is 2.26. The number of carbonyl (C=O) groups excluding carboxylic acids is 1. The summed E-state index contributed by atoms with van der Waals surface area (Å²) in [4.78, 5) is 17.2. The van der Waals surface area contributed by atoms with Gasteiger partial charge in [0.05, 0.1) is 5.56 Å². The molecule has 1 heterocycles. The van der Waals surface area contributed by atoms with E-state index in [0.29, 0.717) is 0 Å². The van der Waals surface area contributed by atoms with Crippen molar-refractivity contribution in [3.05, 3.63) is 29.3 Å². The van der Waals surface area contributed by atoms with E-state index in [2.05, 4.69) is 31.1 Å². The first kappa shape index (κ1) is 15.8. The molecular formula is C17H27N3O. The summed E-state index contributed by atoms with van der Waals surface area (Å²) < 4.78 is 0. The molecule has 1 aromatic rings. The largest absolute Gasteiger partial charge is 0.385 e. The first-order valence-corrected chi connectivity index (χ1v) is 7.70. The topological polar surface area (TPSA) is 35.6 Å². The Bertz CT molecular complexity index is 525. The monoisotopic (exact) mass is 289 g/mol. The zero-order valence-corrected chi connectivity index (χ0v) is 13.9. The van der Waals surface area contributed by atoms with Crippen LogP contribution in [-0.2, 0) is 0 Å². The van der Waals surface area contributed by atoms with Crippen molar-refractivity contribution in [3.63, 3.8) is 0 Å². The highest BCUT2D eigenvalue weighted by Crippen LogP contribution is 2.24. The van der Waals surface area contributed by atoms with Crippen LogP contribution in [0, 0.1) is 6.92 Å². The van der Waals surface area contributed by atoms with Crippen molar-refractivity contribution in [1.82, 2.24) is 9.80 Å². The van der Waals surface area contributed by atoms with Crippen molar-refractivity contribution in [1.29, 1.82) is 0 Å². The highest BCUT2D eigenvalue weighted by molar-refractivity contribution is 6.00. The van der Waals surface area contributed by atoms with Crippen LogP contribution in [0.3, 0.4) is 0 Å². The van der Waals surface area contributed by atoms with Gasteiger partial charge in [0.25, 0.3) is 5.91 Å². The first-order valence-electron chi connectivity index (χ1n) is 7.70. The normalized spacial score (nSPS) is 18.6. The second kappa shape index (κ2) is 6.06. The predicted octanol–water partition coefficient (Wildman–Crippen LogP) is 2.59. The quantitative estimate of drug-likeness (QED) is 0.929. The third kappa shape index (κ3) is 3.38. The lowest BCUT2D eigenvalue weighted by Crippen LogP contribution is -2.58. The maximum atomic E-state index is 12.9. The van der Waals surface area contributed by atoms with Crippen LogP contribution in [0.2, 0.25) is 0 Å². The molecule has 4 nitrogen and oxygen atoms in total. The Kier molecular flexibility index (Phi) is 4.57. The third-order valence-electron chi connectivity index (χ3n) is 4.38. The van der Waals surface area contributed by atoms with Crippen LogP contribution in [0.25, 0.3) is 0 Å². The molecule has 1 aliphatic heterocycles. The van der Waals surface area contributed by atoms with Gasteiger partial charge in [-0.15, -0.1) is 0 Å². The second-order valence-corrected chi connectivity index (χ2v) is 6.54. The number of hydrogen-bond donors (Lipinski definition) is 1. The molecule has 0 unspecified atom stereocenters. The van der Waals surface area contributed by atoms with Gasteiger partial charge in [0.1, 0.15) is 0 Å². The molecule has 1 saturated heterocycles. The number of hydrogen-bond acceptors (Lipinski definition) is 3. The summed E-state index contributed by atoms with van der Waals surface area (Å²) in [6.07, 6.45) is 0. The lowest BCUT2D eigenvalue weighted by atomic mass is 9.98. The van der Waals surface area contributed by atoms with Gasteiger partial charge in [-0.1, -0.05) is 11.6 Å². The van der Waals surface area contributed by atoms with Crippen molar-refractivity contribution >= 4 is 11.6 Å². The molecule has 0 spiro atoms. The van der Waals surface area contributed by atoms with E-state index in [1.165, 1.54) is 0 Å². The second-order valence-electron chi connectivity index (χ2n) is 6.54. The van der Waals surface area contributed by atoms with Crippen LogP contribution in [0.4, 0.5) is 5.69 Å². The Morgan fingerprint density at radius 3 is 2.67 bits per heavy atom. The van der Waals surface area contributed by atoms with Crippen LogP contribution >= 0.6 is 0 Å². The number of piperazine rings is 1. The van der Waals surface area contributed by atoms with E-state index in [9.17, 15) is 4.79 Å². The lowest BCUT2D eigenvalue weighted by Gasteiger charge is -2.45. The van der Waals surface area contributed by atoms with Gasteiger partial charge in [0, 0.05) is 37.4 Å². The van der Waals surface area contributed by atoms with Crippen molar-refractivity contribution in [2.24, 2.45) is 0 Å². The van der Waals surface area contributed by atoms with Crippen molar-refractivity contribution < 1.29 is 4.79 Å². The molecule has 4 heteroatoms. The number of carbonyl (C=O) groups is 1. The minimum absolute atomic E-state index is 0.0239. The van der Waals surface area contributed by atoms with Crippen LogP contribution in [0.15, 0.2) is 18.2 Å². The molecule has 1 aliphatic rings. The molecule has 0 bridgehead atoms. The first-order chi connectivity index (χ1) is 9.85. The zero-order valence-electron chi connectivity index (χ0n) is 13.9. The summed E-state index contributed by atoms with van der Waals surface area (Å²) in [7, 11) is 2.12. The molecule has 1 amide bonds. The predicted molar refractivity (Wildman–Crippen MR) is 88.0 cm³/mol.